The minimum absolute atomic E-state index is 0.203. The molecule has 166 valence electrons. The lowest BCUT2D eigenvalue weighted by molar-refractivity contribution is -0.925. The largest absolute Gasteiger partial charge is 0.270 e. The highest BCUT2D eigenvalue weighted by atomic mass is 16.2. The number of hydrogen-bond donors (Lipinski definition) is 1. The molecule has 1 N–H and O–H groups in total. The van der Waals surface area contributed by atoms with Crippen molar-refractivity contribution < 1.29 is 9.39 Å². The first kappa shape index (κ1) is 25.7. The molecule has 3 nitrogen and oxygen atoms in total. The van der Waals surface area contributed by atoms with E-state index in [-0.39, 0.29) is 5.91 Å². The molecule has 0 saturated carbocycles. The third kappa shape index (κ3) is 15.2. The standard InChI is InChI=1S/C26H46N2O/c1-4-5-6-7-8-9-10-11-12-13-17-23-26(29)27-28(2,3)24-19-18-22-25-20-15-14-16-21-25/h14-16,20-21H,4-13,17-19,22-24H2,1-3H3/p+1. The molecule has 0 aliphatic rings. The van der Waals surface area contributed by atoms with Crippen LogP contribution < -0.4 is 5.43 Å². The van der Waals surface area contributed by atoms with E-state index in [0.717, 1.165) is 25.8 Å². The van der Waals surface area contributed by atoms with Crippen LogP contribution in [0.25, 0.3) is 0 Å². The molecule has 29 heavy (non-hydrogen) atoms. The zero-order chi connectivity index (χ0) is 21.2. The van der Waals surface area contributed by atoms with Crippen molar-refractivity contribution in [3.8, 4) is 0 Å². The minimum Gasteiger partial charge on any atom is -0.270 e. The van der Waals surface area contributed by atoms with Crippen molar-refractivity contribution >= 4 is 5.91 Å². The second-order valence-corrected chi connectivity index (χ2v) is 9.17. The van der Waals surface area contributed by atoms with E-state index in [1.807, 2.05) is 0 Å². The van der Waals surface area contributed by atoms with E-state index in [1.165, 1.54) is 76.2 Å². The molecule has 1 amide bonds. The first-order valence-electron chi connectivity index (χ1n) is 12.2. The van der Waals surface area contributed by atoms with E-state index < -0.39 is 0 Å². The summed E-state index contributed by atoms with van der Waals surface area (Å²) in [6, 6.07) is 10.6. The second-order valence-electron chi connectivity index (χ2n) is 9.17. The highest BCUT2D eigenvalue weighted by Gasteiger charge is 2.18. The predicted molar refractivity (Wildman–Crippen MR) is 126 cm³/mol. The van der Waals surface area contributed by atoms with Gasteiger partial charge in [-0.1, -0.05) is 101 Å². The van der Waals surface area contributed by atoms with Gasteiger partial charge in [0.1, 0.15) is 6.54 Å². The van der Waals surface area contributed by atoms with Crippen LogP contribution >= 0.6 is 0 Å². The third-order valence-corrected chi connectivity index (χ3v) is 5.71. The van der Waals surface area contributed by atoms with E-state index in [4.69, 9.17) is 0 Å². The molecule has 0 atom stereocenters. The zero-order valence-corrected chi connectivity index (χ0v) is 19.6. The first-order valence-corrected chi connectivity index (χ1v) is 12.2. The molecular formula is C26H47N2O+. The monoisotopic (exact) mass is 403 g/mol. The summed E-state index contributed by atoms with van der Waals surface area (Å²) in [5.41, 5.74) is 4.59. The highest BCUT2D eigenvalue weighted by Crippen LogP contribution is 2.12. The molecule has 0 spiro atoms. The Morgan fingerprint density at radius 2 is 1.31 bits per heavy atom. The number of nitrogens with zero attached hydrogens (tertiary/aromatic N) is 1. The van der Waals surface area contributed by atoms with Crippen molar-refractivity contribution in [2.45, 2.75) is 103 Å². The van der Waals surface area contributed by atoms with Crippen LogP contribution in [0, 0.1) is 0 Å². The quantitative estimate of drug-likeness (QED) is 0.163. The number of unbranched alkanes of at least 4 members (excludes halogenated alkanes) is 11. The summed E-state index contributed by atoms with van der Waals surface area (Å²) in [7, 11) is 4.20. The van der Waals surface area contributed by atoms with Crippen LogP contribution in [-0.4, -0.2) is 31.1 Å². The van der Waals surface area contributed by atoms with Crippen molar-refractivity contribution in [3.63, 3.8) is 0 Å². The predicted octanol–water partition coefficient (Wildman–Crippen LogP) is 6.82. The molecule has 0 aromatic heterocycles. The molecule has 0 heterocycles. The molecule has 3 heteroatoms. The number of carbonyl (C=O) groups is 1. The Kier molecular flexibility index (Phi) is 14.6. The molecule has 0 bridgehead atoms. The SMILES string of the molecule is CCCCCCCCCCCCCC(=O)N[N+](C)(C)CCCCc1ccccc1. The van der Waals surface area contributed by atoms with Crippen LogP contribution in [-0.2, 0) is 11.2 Å². The second kappa shape index (κ2) is 16.4. The number of carbonyl (C=O) groups excluding carboxylic acids is 1. The summed E-state index contributed by atoms with van der Waals surface area (Å²) in [6.07, 6.45) is 18.6. The minimum atomic E-state index is 0.203. The summed E-state index contributed by atoms with van der Waals surface area (Å²) in [6.45, 7) is 3.25. The number of rotatable bonds is 18. The highest BCUT2D eigenvalue weighted by molar-refractivity contribution is 5.74. The van der Waals surface area contributed by atoms with Gasteiger partial charge in [0.05, 0.1) is 14.1 Å². The summed E-state index contributed by atoms with van der Waals surface area (Å²) >= 11 is 0. The normalized spacial score (nSPS) is 11.6. The van der Waals surface area contributed by atoms with Crippen LogP contribution in [0.5, 0.6) is 0 Å². The third-order valence-electron chi connectivity index (χ3n) is 5.71. The van der Waals surface area contributed by atoms with E-state index >= 15 is 0 Å². The number of amides is 1. The number of hydrogen-bond acceptors (Lipinski definition) is 1. The summed E-state index contributed by atoms with van der Waals surface area (Å²) in [5.74, 6) is 0.203. The van der Waals surface area contributed by atoms with Gasteiger partial charge in [-0.05, 0) is 31.2 Å². The molecule has 1 aromatic carbocycles. The molecule has 0 aliphatic carbocycles. The maximum absolute atomic E-state index is 12.2. The number of quaternary nitrogens is 1. The van der Waals surface area contributed by atoms with Gasteiger partial charge in [0.15, 0.2) is 0 Å². The Bertz CT molecular complexity index is 513. The lowest BCUT2D eigenvalue weighted by Gasteiger charge is -2.29. The Morgan fingerprint density at radius 3 is 1.90 bits per heavy atom. The Hall–Kier alpha value is -1.35. The molecule has 0 fully saturated rings. The smallest absolute Gasteiger partial charge is 0.264 e. The Labute approximate surface area is 180 Å². The van der Waals surface area contributed by atoms with Crippen LogP contribution in [0.2, 0.25) is 0 Å². The fraction of sp³-hybridized carbons (Fsp3) is 0.731. The molecule has 1 aromatic rings. The van der Waals surface area contributed by atoms with Crippen LogP contribution in [0.15, 0.2) is 30.3 Å². The van der Waals surface area contributed by atoms with Gasteiger partial charge >= 0.3 is 0 Å². The van der Waals surface area contributed by atoms with E-state index in [1.54, 1.807) is 0 Å². The molecule has 0 unspecified atom stereocenters. The average molecular weight is 404 g/mol. The first-order chi connectivity index (χ1) is 14.0. The van der Waals surface area contributed by atoms with Gasteiger partial charge in [-0.15, -0.1) is 0 Å². The molecule has 0 saturated heterocycles. The maximum atomic E-state index is 12.2. The zero-order valence-electron chi connectivity index (χ0n) is 19.6. The topological polar surface area (TPSA) is 29.1 Å². The summed E-state index contributed by atoms with van der Waals surface area (Å²) in [4.78, 5) is 12.2. The van der Waals surface area contributed by atoms with Gasteiger partial charge in [-0.2, -0.15) is 0 Å². The lowest BCUT2D eigenvalue weighted by atomic mass is 10.1. The van der Waals surface area contributed by atoms with Crippen LogP contribution in [0.1, 0.15) is 102 Å². The van der Waals surface area contributed by atoms with Gasteiger partial charge in [-0.25, -0.2) is 10.0 Å². The van der Waals surface area contributed by atoms with Crippen LogP contribution in [0.3, 0.4) is 0 Å². The van der Waals surface area contributed by atoms with Gasteiger partial charge in [0.25, 0.3) is 5.91 Å². The fourth-order valence-corrected chi connectivity index (χ4v) is 3.88. The van der Waals surface area contributed by atoms with Gasteiger partial charge in [0.2, 0.25) is 0 Å². The van der Waals surface area contributed by atoms with Crippen LogP contribution in [0.4, 0.5) is 0 Å². The Balaban J connectivity index is 1.96. The number of aryl methyl sites for hydroxylation is 1. The van der Waals surface area contributed by atoms with Gasteiger partial charge in [-0.3, -0.25) is 4.79 Å². The number of nitrogens with one attached hydrogen (secondary N) is 1. The lowest BCUT2D eigenvalue weighted by Crippen LogP contribution is -2.54. The summed E-state index contributed by atoms with van der Waals surface area (Å²) < 4.78 is 0.589. The van der Waals surface area contributed by atoms with Crippen molar-refractivity contribution in [1.29, 1.82) is 0 Å². The molecule has 0 aliphatic heterocycles. The fourth-order valence-electron chi connectivity index (χ4n) is 3.88. The van der Waals surface area contributed by atoms with Crippen molar-refractivity contribution in [2.24, 2.45) is 0 Å². The van der Waals surface area contributed by atoms with E-state index in [2.05, 4.69) is 56.8 Å². The Morgan fingerprint density at radius 1 is 0.759 bits per heavy atom. The average Bonchev–Trinajstić information content (AvgIpc) is 2.70. The maximum Gasteiger partial charge on any atom is 0.264 e. The van der Waals surface area contributed by atoms with Gasteiger partial charge < -0.3 is 0 Å². The van der Waals surface area contributed by atoms with Crippen molar-refractivity contribution in [1.82, 2.24) is 5.43 Å². The van der Waals surface area contributed by atoms with E-state index in [0.29, 0.717) is 11.0 Å². The molecule has 0 radical (unpaired) electrons. The number of benzene rings is 1. The van der Waals surface area contributed by atoms with Crippen molar-refractivity contribution in [2.75, 3.05) is 20.6 Å². The van der Waals surface area contributed by atoms with Gasteiger partial charge in [0, 0.05) is 6.42 Å². The van der Waals surface area contributed by atoms with E-state index in [9.17, 15) is 4.79 Å². The summed E-state index contributed by atoms with van der Waals surface area (Å²) in [5, 5.41) is 0. The van der Waals surface area contributed by atoms with Crippen molar-refractivity contribution in [3.05, 3.63) is 35.9 Å². The molecular weight excluding hydrogens is 356 g/mol. The molecule has 1 rings (SSSR count).